The molecule has 2 rings (SSSR count). The lowest BCUT2D eigenvalue weighted by atomic mass is 9.97. The average Bonchev–Trinajstić information content (AvgIpc) is 2.53. The minimum Gasteiger partial charge on any atom is -0.479 e. The van der Waals surface area contributed by atoms with Crippen molar-refractivity contribution < 1.29 is 27.9 Å². The summed E-state index contributed by atoms with van der Waals surface area (Å²) in [6, 6.07) is 4.59. The monoisotopic (exact) mass is 367 g/mol. The number of carbonyl (C=O) groups excluding carboxylic acids is 1. The first kappa shape index (κ1) is 19.4. The first-order valence-corrected chi connectivity index (χ1v) is 7.53. The van der Waals surface area contributed by atoms with Crippen molar-refractivity contribution in [1.29, 1.82) is 0 Å². The van der Waals surface area contributed by atoms with Crippen LogP contribution in [0.15, 0.2) is 24.3 Å². The Labute approximate surface area is 147 Å². The van der Waals surface area contributed by atoms with E-state index in [0.29, 0.717) is 11.1 Å². The highest BCUT2D eigenvalue weighted by atomic mass is 19.4. The molecule has 6 nitrogen and oxygen atoms in total. The number of amides is 1. The van der Waals surface area contributed by atoms with E-state index in [0.717, 1.165) is 11.6 Å². The Balaban J connectivity index is 2.39. The third-order valence-electron chi connectivity index (χ3n) is 3.82. The van der Waals surface area contributed by atoms with Crippen LogP contribution in [0.3, 0.4) is 0 Å². The molecule has 138 valence electrons. The van der Waals surface area contributed by atoms with E-state index in [4.69, 9.17) is 0 Å². The van der Waals surface area contributed by atoms with Gasteiger partial charge in [0.25, 0.3) is 5.91 Å². The highest BCUT2D eigenvalue weighted by Crippen LogP contribution is 2.26. The van der Waals surface area contributed by atoms with Gasteiger partial charge in [-0.2, -0.15) is 13.2 Å². The number of aromatic nitrogens is 2. The van der Waals surface area contributed by atoms with Crippen LogP contribution < -0.4 is 5.32 Å². The van der Waals surface area contributed by atoms with Crippen LogP contribution in [-0.2, 0) is 11.0 Å². The summed E-state index contributed by atoms with van der Waals surface area (Å²) >= 11 is 0. The molecular formula is C17H16F3N3O3. The van der Waals surface area contributed by atoms with Gasteiger partial charge in [0.05, 0.1) is 0 Å². The summed E-state index contributed by atoms with van der Waals surface area (Å²) < 4.78 is 38.4. The van der Waals surface area contributed by atoms with Crippen LogP contribution in [0.1, 0.15) is 44.7 Å². The van der Waals surface area contributed by atoms with Crippen molar-refractivity contribution in [3.8, 4) is 0 Å². The Bertz CT molecular complexity index is 866. The number of nitrogens with one attached hydrogen (secondary N) is 1. The van der Waals surface area contributed by atoms with Gasteiger partial charge in [0.1, 0.15) is 5.69 Å². The smallest absolute Gasteiger partial charge is 0.451 e. The summed E-state index contributed by atoms with van der Waals surface area (Å²) in [6.45, 7) is 4.76. The predicted molar refractivity (Wildman–Crippen MR) is 85.5 cm³/mol. The highest BCUT2D eigenvalue weighted by Gasteiger charge is 2.36. The van der Waals surface area contributed by atoms with Crippen molar-refractivity contribution in [3.05, 3.63) is 58.2 Å². The molecule has 0 aliphatic carbocycles. The van der Waals surface area contributed by atoms with E-state index in [2.05, 4.69) is 15.3 Å². The normalized spacial score (nSPS) is 12.5. The number of carbonyl (C=O) groups is 2. The molecule has 0 saturated carbocycles. The topological polar surface area (TPSA) is 92.2 Å². The summed E-state index contributed by atoms with van der Waals surface area (Å²) in [4.78, 5) is 30.4. The number of benzene rings is 1. The zero-order chi connectivity index (χ0) is 19.6. The van der Waals surface area contributed by atoms with E-state index in [9.17, 15) is 27.9 Å². The number of rotatable bonds is 4. The molecule has 0 fully saturated rings. The minimum atomic E-state index is -4.82. The van der Waals surface area contributed by atoms with Crippen LogP contribution in [-0.4, -0.2) is 27.0 Å². The second kappa shape index (κ2) is 7.11. The van der Waals surface area contributed by atoms with Gasteiger partial charge >= 0.3 is 12.1 Å². The molecule has 1 atom stereocenters. The van der Waals surface area contributed by atoms with Crippen LogP contribution in [0.5, 0.6) is 0 Å². The number of aliphatic carboxylic acids is 1. The fraction of sp³-hybridized carbons (Fsp3) is 0.294. The number of hydrogen-bond donors (Lipinski definition) is 2. The molecular weight excluding hydrogens is 351 g/mol. The lowest BCUT2D eigenvalue weighted by Crippen LogP contribution is -2.35. The Morgan fingerprint density at radius 1 is 1.15 bits per heavy atom. The molecule has 9 heteroatoms. The summed E-state index contributed by atoms with van der Waals surface area (Å²) in [7, 11) is 0. The van der Waals surface area contributed by atoms with Crippen LogP contribution in [0.4, 0.5) is 13.2 Å². The maximum Gasteiger partial charge on any atom is 0.451 e. The van der Waals surface area contributed by atoms with E-state index in [1.165, 1.54) is 13.0 Å². The van der Waals surface area contributed by atoms with E-state index in [1.54, 1.807) is 26.0 Å². The van der Waals surface area contributed by atoms with Gasteiger partial charge < -0.3 is 10.4 Å². The summed E-state index contributed by atoms with van der Waals surface area (Å²) in [5.74, 6) is -3.83. The first-order valence-electron chi connectivity index (χ1n) is 7.53. The molecule has 0 spiro atoms. The number of alkyl halides is 3. The van der Waals surface area contributed by atoms with Gasteiger partial charge in [-0.3, -0.25) is 4.79 Å². The van der Waals surface area contributed by atoms with Crippen molar-refractivity contribution in [2.75, 3.05) is 0 Å². The summed E-state index contributed by atoms with van der Waals surface area (Å²) in [5, 5.41) is 11.7. The van der Waals surface area contributed by atoms with Crippen LogP contribution >= 0.6 is 0 Å². The minimum absolute atomic E-state index is 0.0592. The van der Waals surface area contributed by atoms with Gasteiger partial charge in [-0.1, -0.05) is 18.2 Å². The lowest BCUT2D eigenvalue weighted by molar-refractivity contribution is -0.145. The number of carboxylic acids is 1. The largest absolute Gasteiger partial charge is 0.479 e. The third-order valence-corrected chi connectivity index (χ3v) is 3.82. The predicted octanol–water partition coefficient (Wildman–Crippen LogP) is 2.98. The summed E-state index contributed by atoms with van der Waals surface area (Å²) in [5.41, 5.74) is 1.21. The number of hydrogen-bond acceptors (Lipinski definition) is 4. The zero-order valence-electron chi connectivity index (χ0n) is 14.2. The molecule has 1 aromatic carbocycles. The van der Waals surface area contributed by atoms with E-state index < -0.39 is 35.6 Å². The molecule has 0 bridgehead atoms. The highest BCUT2D eigenvalue weighted by molar-refractivity contribution is 5.95. The molecule has 0 radical (unpaired) electrons. The SMILES string of the molecule is Cc1cc(C(=O)NC(C(=O)O)c2cccc(C)c2C)nc(C(F)(F)F)n1. The van der Waals surface area contributed by atoms with Crippen molar-refractivity contribution in [2.24, 2.45) is 0 Å². The van der Waals surface area contributed by atoms with E-state index >= 15 is 0 Å². The third kappa shape index (κ3) is 4.16. The Hall–Kier alpha value is -2.97. The van der Waals surface area contributed by atoms with Gasteiger partial charge in [-0.05, 0) is 43.5 Å². The standard InChI is InChI=1S/C17H16F3N3O3/c1-8-5-4-6-11(10(8)3)13(15(25)26)23-14(24)12-7-9(2)21-16(22-12)17(18,19)20/h4-7,13H,1-3H3,(H,23,24)(H,25,26). The van der Waals surface area contributed by atoms with Gasteiger partial charge in [0.15, 0.2) is 6.04 Å². The molecule has 26 heavy (non-hydrogen) atoms. The fourth-order valence-electron chi connectivity index (χ4n) is 2.38. The van der Waals surface area contributed by atoms with Gasteiger partial charge in [-0.15, -0.1) is 0 Å². The molecule has 0 saturated heterocycles. The van der Waals surface area contributed by atoms with Crippen molar-refractivity contribution in [2.45, 2.75) is 33.0 Å². The van der Waals surface area contributed by atoms with Crippen molar-refractivity contribution in [1.82, 2.24) is 15.3 Å². The van der Waals surface area contributed by atoms with Crippen LogP contribution in [0.25, 0.3) is 0 Å². The molecule has 1 unspecified atom stereocenters. The zero-order valence-corrected chi connectivity index (χ0v) is 14.2. The molecule has 1 aromatic heterocycles. The molecule has 0 aliphatic rings. The van der Waals surface area contributed by atoms with E-state index in [-0.39, 0.29) is 5.69 Å². The van der Waals surface area contributed by atoms with Crippen molar-refractivity contribution >= 4 is 11.9 Å². The molecule has 1 amide bonds. The average molecular weight is 367 g/mol. The maximum absolute atomic E-state index is 12.8. The van der Waals surface area contributed by atoms with Crippen LogP contribution in [0, 0.1) is 20.8 Å². The lowest BCUT2D eigenvalue weighted by Gasteiger charge is -2.18. The van der Waals surface area contributed by atoms with Crippen LogP contribution in [0.2, 0.25) is 0 Å². The quantitative estimate of drug-likeness (QED) is 0.867. The van der Waals surface area contributed by atoms with Gasteiger partial charge in [0, 0.05) is 5.69 Å². The number of nitrogens with zero attached hydrogens (tertiary/aromatic N) is 2. The van der Waals surface area contributed by atoms with Gasteiger partial charge in [0.2, 0.25) is 5.82 Å². The molecule has 0 aliphatic heterocycles. The Morgan fingerprint density at radius 2 is 1.81 bits per heavy atom. The van der Waals surface area contributed by atoms with E-state index in [1.807, 2.05) is 0 Å². The molecule has 2 N–H and O–H groups in total. The second-order valence-corrected chi connectivity index (χ2v) is 5.75. The number of halogens is 3. The number of aryl methyl sites for hydroxylation is 2. The first-order chi connectivity index (χ1) is 12.0. The van der Waals surface area contributed by atoms with Gasteiger partial charge in [-0.25, -0.2) is 14.8 Å². The van der Waals surface area contributed by atoms with Crippen molar-refractivity contribution in [3.63, 3.8) is 0 Å². The Kier molecular flexibility index (Phi) is 5.29. The number of carboxylic acid groups (broad SMARTS) is 1. The maximum atomic E-state index is 12.8. The second-order valence-electron chi connectivity index (χ2n) is 5.75. The Morgan fingerprint density at radius 3 is 2.38 bits per heavy atom. The summed E-state index contributed by atoms with van der Waals surface area (Å²) in [6.07, 6.45) is -4.82. The fourth-order valence-corrected chi connectivity index (χ4v) is 2.38. The molecule has 2 aromatic rings. The molecule has 1 heterocycles.